The lowest BCUT2D eigenvalue weighted by molar-refractivity contribution is 0.0779. The average Bonchev–Trinajstić information content (AvgIpc) is 2.56. The van der Waals surface area contributed by atoms with Crippen LogP contribution in [0.5, 0.6) is 0 Å². The number of Topliss-reactive ketones (excluding diaryl/α,β-unsaturated/α-hetero) is 1. The number of benzene rings is 1. The van der Waals surface area contributed by atoms with E-state index in [0.717, 1.165) is 6.42 Å². The maximum absolute atomic E-state index is 11.6. The second-order valence-electron chi connectivity index (χ2n) is 6.67. The molecule has 0 radical (unpaired) electrons. The van der Waals surface area contributed by atoms with Gasteiger partial charge >= 0.3 is 0 Å². The summed E-state index contributed by atoms with van der Waals surface area (Å²) in [5.41, 5.74) is 1.89. The van der Waals surface area contributed by atoms with Gasteiger partial charge in [-0.05, 0) is 25.3 Å². The minimum atomic E-state index is -0.914. The fourth-order valence-electron chi connectivity index (χ4n) is 2.89. The molecule has 1 unspecified atom stereocenters. The summed E-state index contributed by atoms with van der Waals surface area (Å²) >= 11 is 0. The first-order valence-electron chi connectivity index (χ1n) is 9.46. The summed E-state index contributed by atoms with van der Waals surface area (Å²) in [5, 5.41) is 9.30. The topological polar surface area (TPSA) is 37.3 Å². The molecule has 0 aliphatic rings. The first kappa shape index (κ1) is 19.9. The molecule has 0 aromatic heterocycles. The van der Waals surface area contributed by atoms with E-state index in [1.807, 2.05) is 24.3 Å². The number of aryl methyl sites for hydroxylation is 1. The van der Waals surface area contributed by atoms with Gasteiger partial charge in [0.2, 0.25) is 0 Å². The molecule has 0 saturated carbocycles. The van der Waals surface area contributed by atoms with E-state index in [4.69, 9.17) is 0 Å². The van der Waals surface area contributed by atoms with E-state index in [-0.39, 0.29) is 5.78 Å². The number of carbonyl (C=O) groups is 1. The van der Waals surface area contributed by atoms with Gasteiger partial charge in [0.05, 0.1) is 0 Å². The Morgan fingerprint density at radius 3 is 1.83 bits per heavy atom. The average molecular weight is 319 g/mol. The highest BCUT2D eigenvalue weighted by Gasteiger charge is 2.11. The molecule has 0 aliphatic heterocycles. The number of aliphatic hydroxyl groups excluding tert-OH is 1. The Bertz CT molecular complexity index is 420. The predicted molar refractivity (Wildman–Crippen MR) is 98.0 cm³/mol. The molecule has 1 atom stereocenters. The Morgan fingerprint density at radius 1 is 0.870 bits per heavy atom. The first-order chi connectivity index (χ1) is 11.1. The van der Waals surface area contributed by atoms with Gasteiger partial charge in [-0.15, -0.1) is 0 Å². The van der Waals surface area contributed by atoms with Crippen LogP contribution in [0.2, 0.25) is 0 Å². The van der Waals surface area contributed by atoms with Crippen LogP contribution >= 0.6 is 0 Å². The SMILES string of the molecule is CCCCCCCCCCCCc1ccc(C(=O)C(C)O)cc1. The third-order valence-electron chi connectivity index (χ3n) is 4.44. The number of ketones is 1. The van der Waals surface area contributed by atoms with Gasteiger partial charge in [-0.1, -0.05) is 89.0 Å². The minimum absolute atomic E-state index is 0.199. The van der Waals surface area contributed by atoms with Crippen LogP contribution in [-0.2, 0) is 6.42 Å². The predicted octanol–water partition coefficient (Wildman–Crippen LogP) is 5.71. The fourth-order valence-corrected chi connectivity index (χ4v) is 2.89. The standard InChI is InChI=1S/C21H34O2/c1-3-4-5-6-7-8-9-10-11-12-13-19-14-16-20(17-15-19)21(23)18(2)22/h14-18,22H,3-13H2,1-2H3. The molecule has 0 saturated heterocycles. The molecule has 23 heavy (non-hydrogen) atoms. The van der Waals surface area contributed by atoms with E-state index >= 15 is 0 Å². The van der Waals surface area contributed by atoms with Gasteiger partial charge in [0.25, 0.3) is 0 Å². The Morgan fingerprint density at radius 2 is 1.35 bits per heavy atom. The van der Waals surface area contributed by atoms with Crippen LogP contribution in [0.1, 0.15) is 94.0 Å². The van der Waals surface area contributed by atoms with Crippen molar-refractivity contribution in [3.05, 3.63) is 35.4 Å². The monoisotopic (exact) mass is 318 g/mol. The number of unbranched alkanes of at least 4 members (excludes halogenated alkanes) is 9. The largest absolute Gasteiger partial charge is 0.385 e. The Labute approximate surface area is 142 Å². The third-order valence-corrected chi connectivity index (χ3v) is 4.44. The zero-order chi connectivity index (χ0) is 16.9. The van der Waals surface area contributed by atoms with Crippen LogP contribution in [0.3, 0.4) is 0 Å². The molecule has 0 heterocycles. The quantitative estimate of drug-likeness (QED) is 0.373. The minimum Gasteiger partial charge on any atom is -0.385 e. The van der Waals surface area contributed by atoms with Crippen LogP contribution in [-0.4, -0.2) is 17.0 Å². The normalized spacial score (nSPS) is 12.3. The Kier molecular flexibility index (Phi) is 10.6. The summed E-state index contributed by atoms with van der Waals surface area (Å²) in [6, 6.07) is 7.70. The molecule has 0 spiro atoms. The number of rotatable bonds is 13. The van der Waals surface area contributed by atoms with Crippen molar-refractivity contribution in [2.75, 3.05) is 0 Å². The first-order valence-corrected chi connectivity index (χ1v) is 9.46. The lowest BCUT2D eigenvalue weighted by atomic mass is 10.0. The second kappa shape index (κ2) is 12.3. The summed E-state index contributed by atoms with van der Waals surface area (Å²) in [6.07, 6.45) is 13.7. The second-order valence-corrected chi connectivity index (χ2v) is 6.67. The number of carbonyl (C=O) groups excluding carboxylic acids is 1. The number of aliphatic hydroxyl groups is 1. The van der Waals surface area contributed by atoms with Gasteiger partial charge in [0, 0.05) is 5.56 Å². The van der Waals surface area contributed by atoms with Gasteiger partial charge in [-0.3, -0.25) is 4.79 Å². The van der Waals surface area contributed by atoms with Gasteiger partial charge < -0.3 is 5.11 Å². The Balaban J connectivity index is 2.06. The molecular weight excluding hydrogens is 284 g/mol. The number of hydrogen-bond acceptors (Lipinski definition) is 2. The van der Waals surface area contributed by atoms with Crippen LogP contribution in [0.25, 0.3) is 0 Å². The molecule has 0 fully saturated rings. The van der Waals surface area contributed by atoms with Crippen molar-refractivity contribution >= 4 is 5.78 Å². The maximum Gasteiger partial charge on any atom is 0.190 e. The summed E-state index contributed by atoms with van der Waals surface area (Å²) in [4.78, 5) is 11.6. The van der Waals surface area contributed by atoms with Crippen molar-refractivity contribution in [3.63, 3.8) is 0 Å². The molecule has 1 rings (SSSR count). The van der Waals surface area contributed by atoms with Crippen molar-refractivity contribution in [1.82, 2.24) is 0 Å². The molecule has 130 valence electrons. The zero-order valence-electron chi connectivity index (χ0n) is 15.0. The number of hydrogen-bond donors (Lipinski definition) is 1. The van der Waals surface area contributed by atoms with E-state index in [2.05, 4.69) is 6.92 Å². The van der Waals surface area contributed by atoms with Crippen molar-refractivity contribution in [3.8, 4) is 0 Å². The van der Waals surface area contributed by atoms with Crippen molar-refractivity contribution in [2.24, 2.45) is 0 Å². The molecule has 2 nitrogen and oxygen atoms in total. The Hall–Kier alpha value is -1.15. The van der Waals surface area contributed by atoms with Gasteiger partial charge in [0.15, 0.2) is 5.78 Å². The van der Waals surface area contributed by atoms with Crippen molar-refractivity contribution in [1.29, 1.82) is 0 Å². The maximum atomic E-state index is 11.6. The van der Waals surface area contributed by atoms with E-state index in [1.165, 1.54) is 76.7 Å². The molecule has 1 aromatic carbocycles. The van der Waals surface area contributed by atoms with Crippen LogP contribution in [0.4, 0.5) is 0 Å². The molecule has 0 amide bonds. The van der Waals surface area contributed by atoms with Crippen molar-refractivity contribution in [2.45, 2.75) is 90.6 Å². The van der Waals surface area contributed by atoms with Crippen LogP contribution in [0.15, 0.2) is 24.3 Å². The van der Waals surface area contributed by atoms with Gasteiger partial charge in [-0.25, -0.2) is 0 Å². The molecular formula is C21H34O2. The van der Waals surface area contributed by atoms with E-state index < -0.39 is 6.10 Å². The zero-order valence-corrected chi connectivity index (χ0v) is 15.0. The van der Waals surface area contributed by atoms with E-state index in [1.54, 1.807) is 0 Å². The highest BCUT2D eigenvalue weighted by Crippen LogP contribution is 2.13. The lowest BCUT2D eigenvalue weighted by Crippen LogP contribution is -2.15. The van der Waals surface area contributed by atoms with Crippen LogP contribution in [0, 0.1) is 0 Å². The van der Waals surface area contributed by atoms with Crippen LogP contribution < -0.4 is 0 Å². The van der Waals surface area contributed by atoms with E-state index in [9.17, 15) is 9.90 Å². The molecule has 0 aliphatic carbocycles. The molecule has 1 N–H and O–H groups in total. The summed E-state index contributed by atoms with van der Waals surface area (Å²) in [6.45, 7) is 3.78. The summed E-state index contributed by atoms with van der Waals surface area (Å²) < 4.78 is 0. The fraction of sp³-hybridized carbons (Fsp3) is 0.667. The lowest BCUT2D eigenvalue weighted by Gasteiger charge is -2.06. The summed E-state index contributed by atoms with van der Waals surface area (Å²) in [5.74, 6) is -0.199. The highest BCUT2D eigenvalue weighted by molar-refractivity contribution is 5.99. The highest BCUT2D eigenvalue weighted by atomic mass is 16.3. The van der Waals surface area contributed by atoms with Crippen molar-refractivity contribution < 1.29 is 9.90 Å². The van der Waals surface area contributed by atoms with Gasteiger partial charge in [0.1, 0.15) is 6.10 Å². The smallest absolute Gasteiger partial charge is 0.190 e. The molecule has 0 bridgehead atoms. The van der Waals surface area contributed by atoms with Gasteiger partial charge in [-0.2, -0.15) is 0 Å². The molecule has 1 aromatic rings. The molecule has 2 heteroatoms. The summed E-state index contributed by atoms with van der Waals surface area (Å²) in [7, 11) is 0. The third kappa shape index (κ3) is 8.90. The van der Waals surface area contributed by atoms with E-state index in [0.29, 0.717) is 5.56 Å².